The van der Waals surface area contributed by atoms with E-state index in [0.717, 1.165) is 12.1 Å². The molecule has 48 valence electrons. The highest BCUT2D eigenvalue weighted by molar-refractivity contribution is 9.10. The third-order valence-electron chi connectivity index (χ3n) is 0.894. The Morgan fingerprint density at radius 3 is 2.56 bits per heavy atom. The molecule has 0 fully saturated rings. The van der Waals surface area contributed by atoms with Crippen LogP contribution in [0.2, 0.25) is 0 Å². The molecule has 1 aromatic carbocycles. The molecule has 1 rings (SSSR count). The summed E-state index contributed by atoms with van der Waals surface area (Å²) in [4.78, 5) is 0. The van der Waals surface area contributed by atoms with Crippen molar-refractivity contribution >= 4 is 15.9 Å². The Labute approximate surface area is 60.3 Å². The van der Waals surface area contributed by atoms with Crippen LogP contribution in [-0.2, 0) is 0 Å². The zero-order chi connectivity index (χ0) is 6.85. The standard InChI is InChI=1S/C6H4BrFO/c7-5-3-4(8)1-2-6(5)9/h1-3,9H/p-1. The van der Waals surface area contributed by atoms with Gasteiger partial charge >= 0.3 is 0 Å². The summed E-state index contributed by atoms with van der Waals surface area (Å²) in [7, 11) is 0. The summed E-state index contributed by atoms with van der Waals surface area (Å²) in [5.74, 6) is -0.599. The van der Waals surface area contributed by atoms with E-state index < -0.39 is 5.82 Å². The molecule has 0 spiro atoms. The third kappa shape index (κ3) is 1.42. The van der Waals surface area contributed by atoms with Gasteiger partial charge in [0.05, 0.1) is 0 Å². The first-order valence-electron chi connectivity index (χ1n) is 2.32. The van der Waals surface area contributed by atoms with Gasteiger partial charge < -0.3 is 5.11 Å². The summed E-state index contributed by atoms with van der Waals surface area (Å²) in [5, 5.41) is 10.6. The fraction of sp³-hybridized carbons (Fsp3) is 0. The second-order valence-electron chi connectivity index (χ2n) is 1.57. The van der Waals surface area contributed by atoms with Crippen molar-refractivity contribution in [3.8, 4) is 5.75 Å². The lowest BCUT2D eigenvalue weighted by Crippen LogP contribution is -1.90. The maximum Gasteiger partial charge on any atom is 0.124 e. The molecule has 0 amide bonds. The lowest BCUT2D eigenvalue weighted by molar-refractivity contribution is -0.269. The summed E-state index contributed by atoms with van der Waals surface area (Å²) in [6.45, 7) is 0. The first-order valence-corrected chi connectivity index (χ1v) is 3.11. The molecular weight excluding hydrogens is 187 g/mol. The second-order valence-corrected chi connectivity index (χ2v) is 2.43. The topological polar surface area (TPSA) is 23.1 Å². The van der Waals surface area contributed by atoms with E-state index in [4.69, 9.17) is 0 Å². The number of rotatable bonds is 0. The van der Waals surface area contributed by atoms with E-state index in [1.807, 2.05) is 0 Å². The van der Waals surface area contributed by atoms with Gasteiger partial charge in [0.25, 0.3) is 0 Å². The Bertz CT molecular complexity index is 224. The van der Waals surface area contributed by atoms with Gasteiger partial charge in [-0.05, 0) is 12.1 Å². The monoisotopic (exact) mass is 189 g/mol. The highest BCUT2D eigenvalue weighted by Crippen LogP contribution is 2.20. The van der Waals surface area contributed by atoms with Gasteiger partial charge in [0.15, 0.2) is 0 Å². The Hall–Kier alpha value is -0.570. The van der Waals surface area contributed by atoms with Crippen LogP contribution in [-0.4, -0.2) is 0 Å². The van der Waals surface area contributed by atoms with Gasteiger partial charge in [0.1, 0.15) is 5.82 Å². The maximum absolute atomic E-state index is 12.2. The minimum atomic E-state index is -0.401. The molecule has 0 saturated carbocycles. The molecule has 1 aromatic rings. The van der Waals surface area contributed by atoms with Crippen LogP contribution >= 0.6 is 15.9 Å². The van der Waals surface area contributed by atoms with Crippen molar-refractivity contribution in [1.29, 1.82) is 0 Å². The Morgan fingerprint density at radius 1 is 1.44 bits per heavy atom. The van der Waals surface area contributed by atoms with Crippen LogP contribution in [0.4, 0.5) is 4.39 Å². The summed E-state index contributed by atoms with van der Waals surface area (Å²) >= 11 is 2.89. The van der Waals surface area contributed by atoms with Crippen LogP contribution in [0.5, 0.6) is 5.75 Å². The van der Waals surface area contributed by atoms with Crippen molar-refractivity contribution in [3.63, 3.8) is 0 Å². The van der Waals surface area contributed by atoms with Crippen molar-refractivity contribution in [3.05, 3.63) is 28.5 Å². The van der Waals surface area contributed by atoms with Crippen LogP contribution in [0.3, 0.4) is 0 Å². The third-order valence-corrected chi connectivity index (χ3v) is 1.51. The van der Waals surface area contributed by atoms with Crippen molar-refractivity contribution in [2.45, 2.75) is 0 Å². The summed E-state index contributed by atoms with van der Waals surface area (Å²) in [6, 6.07) is 3.45. The Balaban J connectivity index is 3.17. The molecule has 0 aromatic heterocycles. The van der Waals surface area contributed by atoms with Crippen molar-refractivity contribution < 1.29 is 9.50 Å². The lowest BCUT2D eigenvalue weighted by atomic mass is 10.3. The number of halogens is 2. The molecule has 3 heteroatoms. The van der Waals surface area contributed by atoms with E-state index >= 15 is 0 Å². The number of hydrogen-bond acceptors (Lipinski definition) is 1. The molecule has 1 nitrogen and oxygen atoms in total. The van der Waals surface area contributed by atoms with Crippen LogP contribution in [0.1, 0.15) is 0 Å². The molecule has 0 atom stereocenters. The Kier molecular flexibility index (Phi) is 1.71. The molecule has 0 radical (unpaired) electrons. The van der Waals surface area contributed by atoms with Gasteiger partial charge in [0, 0.05) is 4.47 Å². The van der Waals surface area contributed by atoms with Gasteiger partial charge in [-0.25, -0.2) is 4.39 Å². The van der Waals surface area contributed by atoms with E-state index in [1.54, 1.807) is 0 Å². The van der Waals surface area contributed by atoms with Gasteiger partial charge in [-0.1, -0.05) is 27.7 Å². The summed E-state index contributed by atoms with van der Waals surface area (Å²) in [5.41, 5.74) is 0. The van der Waals surface area contributed by atoms with Crippen molar-refractivity contribution in [2.24, 2.45) is 0 Å². The number of hydrogen-bond donors (Lipinski definition) is 0. The fourth-order valence-electron chi connectivity index (χ4n) is 0.475. The summed E-state index contributed by atoms with van der Waals surface area (Å²) in [6.07, 6.45) is 0. The van der Waals surface area contributed by atoms with E-state index in [0.29, 0.717) is 0 Å². The predicted molar refractivity (Wildman–Crippen MR) is 33.5 cm³/mol. The highest BCUT2D eigenvalue weighted by atomic mass is 79.9. The van der Waals surface area contributed by atoms with Gasteiger partial charge in [0.2, 0.25) is 0 Å². The molecule has 0 unspecified atom stereocenters. The average molecular weight is 190 g/mol. The molecule has 0 bridgehead atoms. The molecule has 0 aliphatic carbocycles. The van der Waals surface area contributed by atoms with Gasteiger partial charge in [-0.2, -0.15) is 0 Å². The molecule has 0 saturated heterocycles. The van der Waals surface area contributed by atoms with E-state index in [1.165, 1.54) is 6.07 Å². The number of benzene rings is 1. The average Bonchev–Trinajstić information content (AvgIpc) is 1.80. The van der Waals surface area contributed by atoms with Crippen LogP contribution in [0.15, 0.2) is 22.7 Å². The van der Waals surface area contributed by atoms with E-state index in [2.05, 4.69) is 15.9 Å². The second kappa shape index (κ2) is 2.35. The van der Waals surface area contributed by atoms with Crippen LogP contribution < -0.4 is 5.11 Å². The first kappa shape index (κ1) is 6.55. The minimum Gasteiger partial charge on any atom is -0.872 e. The van der Waals surface area contributed by atoms with E-state index in [-0.39, 0.29) is 10.2 Å². The fourth-order valence-corrected chi connectivity index (χ4v) is 0.826. The SMILES string of the molecule is [O-]c1ccc(F)cc1Br. The zero-order valence-corrected chi connectivity index (χ0v) is 5.98. The quantitative estimate of drug-likeness (QED) is 0.609. The lowest BCUT2D eigenvalue weighted by Gasteiger charge is -2.05. The molecule has 0 aliphatic rings. The predicted octanol–water partition coefficient (Wildman–Crippen LogP) is 1.66. The van der Waals surface area contributed by atoms with E-state index in [9.17, 15) is 9.50 Å². The minimum absolute atomic E-state index is 0.198. The molecule has 9 heavy (non-hydrogen) atoms. The first-order chi connectivity index (χ1) is 4.20. The summed E-state index contributed by atoms with van der Waals surface area (Å²) < 4.78 is 12.4. The smallest absolute Gasteiger partial charge is 0.124 e. The van der Waals surface area contributed by atoms with Gasteiger partial charge in [-0.15, -0.1) is 0 Å². The molecule has 0 heterocycles. The molecule has 0 aliphatic heterocycles. The maximum atomic E-state index is 12.2. The van der Waals surface area contributed by atoms with Crippen LogP contribution in [0.25, 0.3) is 0 Å². The normalized spacial score (nSPS) is 9.56. The van der Waals surface area contributed by atoms with Crippen molar-refractivity contribution in [2.75, 3.05) is 0 Å². The van der Waals surface area contributed by atoms with Crippen molar-refractivity contribution in [1.82, 2.24) is 0 Å². The zero-order valence-electron chi connectivity index (χ0n) is 4.40. The van der Waals surface area contributed by atoms with Crippen LogP contribution in [0, 0.1) is 5.82 Å². The Morgan fingerprint density at radius 2 is 2.11 bits per heavy atom. The molecule has 0 N–H and O–H groups in total. The largest absolute Gasteiger partial charge is 0.872 e. The molecular formula is C6H3BrFO-. The highest BCUT2D eigenvalue weighted by Gasteiger charge is 1.89. The van der Waals surface area contributed by atoms with Gasteiger partial charge in [-0.3, -0.25) is 0 Å².